The van der Waals surface area contributed by atoms with Gasteiger partial charge in [0.2, 0.25) is 0 Å². The molecule has 0 aliphatic rings. The van der Waals surface area contributed by atoms with Gasteiger partial charge >= 0.3 is 5.97 Å². The van der Waals surface area contributed by atoms with Crippen LogP contribution in [0.3, 0.4) is 0 Å². The molecular formula is C16H16O3. The van der Waals surface area contributed by atoms with E-state index in [1.54, 1.807) is 18.2 Å². The highest BCUT2D eigenvalue weighted by molar-refractivity contribution is 5.88. The minimum atomic E-state index is -0.944. The third-order valence-corrected chi connectivity index (χ3v) is 3.08. The lowest BCUT2D eigenvalue weighted by Crippen LogP contribution is -2.02. The molecule has 1 N–H and O–H groups in total. The lowest BCUT2D eigenvalue weighted by Gasteiger charge is -2.11. The van der Waals surface area contributed by atoms with Crippen LogP contribution in [0.4, 0.5) is 0 Å². The summed E-state index contributed by atoms with van der Waals surface area (Å²) in [6, 6.07) is 12.9. The highest BCUT2D eigenvalue weighted by Gasteiger charge is 2.07. The first-order chi connectivity index (χ1) is 9.08. The van der Waals surface area contributed by atoms with Gasteiger partial charge in [0.25, 0.3) is 0 Å². The normalized spacial score (nSPS) is 10.2. The first kappa shape index (κ1) is 13.1. The Morgan fingerprint density at radius 1 is 1.11 bits per heavy atom. The first-order valence-corrected chi connectivity index (χ1v) is 6.09. The van der Waals surface area contributed by atoms with Gasteiger partial charge in [-0.2, -0.15) is 0 Å². The fraction of sp³-hybridized carbons (Fsp3) is 0.188. The molecular weight excluding hydrogens is 240 g/mol. The molecule has 0 amide bonds. The minimum Gasteiger partial charge on any atom is -0.489 e. The van der Waals surface area contributed by atoms with E-state index in [1.165, 1.54) is 0 Å². The summed E-state index contributed by atoms with van der Waals surface area (Å²) in [4.78, 5) is 10.9. The molecule has 0 bridgehead atoms. The van der Waals surface area contributed by atoms with Crippen LogP contribution in [-0.2, 0) is 6.61 Å². The lowest BCUT2D eigenvalue weighted by molar-refractivity contribution is 0.0696. The van der Waals surface area contributed by atoms with Gasteiger partial charge in [-0.25, -0.2) is 4.79 Å². The average molecular weight is 256 g/mol. The molecule has 98 valence electrons. The van der Waals surface area contributed by atoms with Crippen molar-refractivity contribution in [3.05, 3.63) is 64.7 Å². The van der Waals surface area contributed by atoms with Gasteiger partial charge in [0.15, 0.2) is 0 Å². The number of carboxylic acid groups (broad SMARTS) is 1. The van der Waals surface area contributed by atoms with E-state index in [4.69, 9.17) is 9.84 Å². The maximum atomic E-state index is 10.9. The van der Waals surface area contributed by atoms with Crippen molar-refractivity contribution in [1.29, 1.82) is 0 Å². The van der Waals surface area contributed by atoms with E-state index in [2.05, 4.69) is 0 Å². The molecule has 0 spiro atoms. The minimum absolute atomic E-state index is 0.241. The maximum Gasteiger partial charge on any atom is 0.335 e. The molecule has 0 saturated carbocycles. The number of aromatic carboxylic acids is 1. The van der Waals surface area contributed by atoms with Gasteiger partial charge in [-0.1, -0.05) is 30.3 Å². The van der Waals surface area contributed by atoms with Gasteiger partial charge in [0, 0.05) is 0 Å². The SMILES string of the molecule is Cc1ccccc1COc1cc(C(=O)O)ccc1C. The summed E-state index contributed by atoms with van der Waals surface area (Å²) >= 11 is 0. The number of benzene rings is 2. The second kappa shape index (κ2) is 5.57. The quantitative estimate of drug-likeness (QED) is 0.909. The van der Waals surface area contributed by atoms with Gasteiger partial charge < -0.3 is 9.84 Å². The zero-order valence-corrected chi connectivity index (χ0v) is 11.0. The van der Waals surface area contributed by atoms with E-state index in [0.29, 0.717) is 12.4 Å². The molecule has 0 saturated heterocycles. The molecule has 0 aromatic heterocycles. The van der Waals surface area contributed by atoms with Crippen LogP contribution in [0.2, 0.25) is 0 Å². The summed E-state index contributed by atoms with van der Waals surface area (Å²) in [5, 5.41) is 8.97. The standard InChI is InChI=1S/C16H16O3/c1-11-5-3-4-6-14(11)10-19-15-9-13(16(17)18)8-7-12(15)2/h3-9H,10H2,1-2H3,(H,17,18). The molecule has 0 unspecified atom stereocenters. The van der Waals surface area contributed by atoms with Gasteiger partial charge in [0.05, 0.1) is 5.56 Å². The molecule has 0 radical (unpaired) electrons. The van der Waals surface area contributed by atoms with Crippen LogP contribution in [0.1, 0.15) is 27.0 Å². The van der Waals surface area contributed by atoms with E-state index in [0.717, 1.165) is 16.7 Å². The molecule has 0 atom stereocenters. The van der Waals surface area contributed by atoms with Crippen molar-refractivity contribution in [3.63, 3.8) is 0 Å². The molecule has 19 heavy (non-hydrogen) atoms. The lowest BCUT2D eigenvalue weighted by atomic mass is 10.1. The van der Waals surface area contributed by atoms with Crippen molar-refractivity contribution in [3.8, 4) is 5.75 Å². The fourth-order valence-corrected chi connectivity index (χ4v) is 1.82. The Labute approximate surface area is 112 Å². The van der Waals surface area contributed by atoms with Gasteiger partial charge in [-0.3, -0.25) is 0 Å². The molecule has 0 aliphatic carbocycles. The highest BCUT2D eigenvalue weighted by Crippen LogP contribution is 2.21. The van der Waals surface area contributed by atoms with Crippen LogP contribution in [0.15, 0.2) is 42.5 Å². The fourth-order valence-electron chi connectivity index (χ4n) is 1.82. The summed E-state index contributed by atoms with van der Waals surface area (Å²) in [6.07, 6.45) is 0. The Balaban J connectivity index is 2.17. The molecule has 0 aliphatic heterocycles. The summed E-state index contributed by atoms with van der Waals surface area (Å²) in [5.74, 6) is -0.330. The zero-order valence-electron chi connectivity index (χ0n) is 11.0. The van der Waals surface area contributed by atoms with Crippen LogP contribution in [-0.4, -0.2) is 11.1 Å². The van der Waals surface area contributed by atoms with Crippen molar-refractivity contribution in [2.75, 3.05) is 0 Å². The van der Waals surface area contributed by atoms with Crippen LogP contribution in [0, 0.1) is 13.8 Å². The van der Waals surface area contributed by atoms with Crippen molar-refractivity contribution < 1.29 is 14.6 Å². The van der Waals surface area contributed by atoms with Crippen LogP contribution < -0.4 is 4.74 Å². The second-order valence-corrected chi connectivity index (χ2v) is 4.50. The Morgan fingerprint density at radius 2 is 1.84 bits per heavy atom. The molecule has 3 heteroatoms. The Hall–Kier alpha value is -2.29. The summed E-state index contributed by atoms with van der Waals surface area (Å²) in [6.45, 7) is 4.37. The average Bonchev–Trinajstić information content (AvgIpc) is 2.39. The number of ether oxygens (including phenoxy) is 1. The first-order valence-electron chi connectivity index (χ1n) is 6.09. The van der Waals surface area contributed by atoms with Gasteiger partial charge in [0.1, 0.15) is 12.4 Å². The molecule has 2 aromatic carbocycles. The van der Waals surface area contributed by atoms with E-state index < -0.39 is 5.97 Å². The number of hydrogen-bond donors (Lipinski definition) is 1. The smallest absolute Gasteiger partial charge is 0.335 e. The number of rotatable bonds is 4. The molecule has 0 heterocycles. The van der Waals surface area contributed by atoms with Crippen LogP contribution in [0.5, 0.6) is 5.75 Å². The largest absolute Gasteiger partial charge is 0.489 e. The summed E-state index contributed by atoms with van der Waals surface area (Å²) in [7, 11) is 0. The number of carbonyl (C=O) groups is 1. The monoisotopic (exact) mass is 256 g/mol. The Morgan fingerprint density at radius 3 is 2.53 bits per heavy atom. The van der Waals surface area contributed by atoms with Gasteiger partial charge in [-0.15, -0.1) is 0 Å². The Bertz CT molecular complexity index is 603. The topological polar surface area (TPSA) is 46.5 Å². The molecule has 2 aromatic rings. The second-order valence-electron chi connectivity index (χ2n) is 4.50. The van der Waals surface area contributed by atoms with Crippen LogP contribution in [0.25, 0.3) is 0 Å². The predicted molar refractivity (Wildman–Crippen MR) is 73.6 cm³/mol. The predicted octanol–water partition coefficient (Wildman–Crippen LogP) is 3.58. The maximum absolute atomic E-state index is 10.9. The summed E-state index contributed by atoms with van der Waals surface area (Å²) in [5.41, 5.74) is 3.43. The molecule has 0 fully saturated rings. The number of aryl methyl sites for hydroxylation is 2. The molecule has 2 rings (SSSR count). The number of hydrogen-bond acceptors (Lipinski definition) is 2. The van der Waals surface area contributed by atoms with Crippen molar-refractivity contribution in [2.45, 2.75) is 20.5 Å². The summed E-state index contributed by atoms with van der Waals surface area (Å²) < 4.78 is 5.73. The highest BCUT2D eigenvalue weighted by atomic mass is 16.5. The van der Waals surface area contributed by atoms with E-state index >= 15 is 0 Å². The van der Waals surface area contributed by atoms with Crippen molar-refractivity contribution in [1.82, 2.24) is 0 Å². The number of carboxylic acids is 1. The van der Waals surface area contributed by atoms with Crippen LogP contribution >= 0.6 is 0 Å². The van der Waals surface area contributed by atoms with Gasteiger partial charge in [-0.05, 0) is 42.7 Å². The molecule has 3 nitrogen and oxygen atoms in total. The van der Waals surface area contributed by atoms with Crippen molar-refractivity contribution in [2.24, 2.45) is 0 Å². The Kier molecular flexibility index (Phi) is 3.85. The third-order valence-electron chi connectivity index (χ3n) is 3.08. The zero-order chi connectivity index (χ0) is 13.8. The van der Waals surface area contributed by atoms with Crippen molar-refractivity contribution >= 4 is 5.97 Å². The van der Waals surface area contributed by atoms with E-state index in [1.807, 2.05) is 38.1 Å². The third kappa shape index (κ3) is 3.13. The van der Waals surface area contributed by atoms with E-state index in [-0.39, 0.29) is 5.56 Å². The van der Waals surface area contributed by atoms with E-state index in [9.17, 15) is 4.79 Å².